The number of esters is 1. The molecule has 4 nitrogen and oxygen atoms in total. The average molecular weight is 345 g/mol. The molecule has 26 heavy (non-hydrogen) atoms. The Morgan fingerprint density at radius 3 is 1.81 bits per heavy atom. The van der Waals surface area contributed by atoms with Crippen LogP contribution in [0.25, 0.3) is 0 Å². The van der Waals surface area contributed by atoms with Crippen LogP contribution in [0.2, 0.25) is 0 Å². The van der Waals surface area contributed by atoms with E-state index in [2.05, 4.69) is 5.32 Å². The monoisotopic (exact) mass is 345 g/mol. The predicted octanol–water partition coefficient (Wildman–Crippen LogP) is 4.01. The van der Waals surface area contributed by atoms with Crippen molar-refractivity contribution in [2.75, 3.05) is 6.54 Å². The largest absolute Gasteiger partial charge is 0.439 e. The predicted molar refractivity (Wildman–Crippen MR) is 99.8 cm³/mol. The van der Waals surface area contributed by atoms with Gasteiger partial charge in [0.2, 0.25) is 0 Å². The summed E-state index contributed by atoms with van der Waals surface area (Å²) >= 11 is 0. The minimum Gasteiger partial charge on any atom is -0.439 e. The van der Waals surface area contributed by atoms with Gasteiger partial charge in [-0.15, -0.1) is 0 Å². The summed E-state index contributed by atoms with van der Waals surface area (Å²) in [7, 11) is 0. The molecule has 0 aliphatic heterocycles. The van der Waals surface area contributed by atoms with Crippen molar-refractivity contribution in [1.82, 2.24) is 5.32 Å². The fraction of sp³-hybridized carbons (Fsp3) is 0.0909. The van der Waals surface area contributed by atoms with Crippen molar-refractivity contribution in [2.45, 2.75) is 6.23 Å². The smallest absolute Gasteiger partial charge is 0.339 e. The van der Waals surface area contributed by atoms with Crippen molar-refractivity contribution >= 4 is 11.8 Å². The highest BCUT2D eigenvalue weighted by Gasteiger charge is 2.18. The number of hydrogen-bond acceptors (Lipinski definition) is 4. The van der Waals surface area contributed by atoms with E-state index in [4.69, 9.17) is 4.74 Å². The van der Waals surface area contributed by atoms with E-state index in [1.165, 1.54) is 0 Å². The second kappa shape index (κ2) is 8.74. The molecule has 0 heterocycles. The van der Waals surface area contributed by atoms with Gasteiger partial charge in [-0.1, -0.05) is 78.9 Å². The van der Waals surface area contributed by atoms with Crippen LogP contribution in [0, 0.1) is 0 Å². The van der Waals surface area contributed by atoms with Gasteiger partial charge in [0, 0.05) is 11.1 Å². The Kier molecular flexibility index (Phi) is 5.91. The highest BCUT2D eigenvalue weighted by Crippen LogP contribution is 2.16. The van der Waals surface area contributed by atoms with Gasteiger partial charge in [-0.2, -0.15) is 0 Å². The molecule has 3 rings (SSSR count). The third-order valence-corrected chi connectivity index (χ3v) is 3.88. The Bertz CT molecular complexity index is 848. The minimum atomic E-state index is -0.712. The van der Waals surface area contributed by atoms with Crippen LogP contribution in [-0.2, 0) is 4.74 Å². The topological polar surface area (TPSA) is 55.4 Å². The van der Waals surface area contributed by atoms with E-state index < -0.39 is 12.2 Å². The lowest BCUT2D eigenvalue weighted by Crippen LogP contribution is -2.31. The van der Waals surface area contributed by atoms with Gasteiger partial charge in [0.05, 0.1) is 12.1 Å². The number of carbonyl (C=O) groups is 2. The Morgan fingerprint density at radius 1 is 0.731 bits per heavy atom. The molecule has 3 aromatic carbocycles. The molecule has 1 atom stereocenters. The Morgan fingerprint density at radius 2 is 1.23 bits per heavy atom. The molecule has 0 fully saturated rings. The van der Waals surface area contributed by atoms with E-state index in [0.29, 0.717) is 11.1 Å². The van der Waals surface area contributed by atoms with Crippen LogP contribution < -0.4 is 5.32 Å². The first-order valence-corrected chi connectivity index (χ1v) is 8.36. The maximum atomic E-state index is 12.4. The number of carbonyl (C=O) groups excluding carboxylic acids is 2. The molecular weight excluding hydrogens is 326 g/mol. The van der Waals surface area contributed by atoms with Crippen LogP contribution in [0.15, 0.2) is 91.0 Å². The third-order valence-electron chi connectivity index (χ3n) is 3.88. The number of nitrogens with one attached hydrogen (secondary N) is 1. The fourth-order valence-corrected chi connectivity index (χ4v) is 2.52. The fourth-order valence-electron chi connectivity index (χ4n) is 2.52. The standard InChI is InChI=1S/C22H19NO3/c24-20(17-10-4-1-5-11-17)16-23-21(18-12-6-2-7-13-18)26-22(25)19-14-8-3-9-15-19/h1-15,21,23H,16H2. The molecule has 0 aliphatic carbocycles. The first kappa shape index (κ1) is 17.6. The molecule has 0 spiro atoms. The molecule has 0 saturated carbocycles. The number of hydrogen-bond donors (Lipinski definition) is 1. The van der Waals surface area contributed by atoms with Crippen molar-refractivity contribution in [3.63, 3.8) is 0 Å². The van der Waals surface area contributed by atoms with Crippen LogP contribution in [0.3, 0.4) is 0 Å². The Labute approximate surface area is 152 Å². The van der Waals surface area contributed by atoms with Crippen LogP contribution >= 0.6 is 0 Å². The molecular formula is C22H19NO3. The number of ketones is 1. The Hall–Kier alpha value is -3.24. The summed E-state index contributed by atoms with van der Waals surface area (Å²) in [6.45, 7) is 0.0612. The van der Waals surface area contributed by atoms with Crippen LogP contribution in [0.4, 0.5) is 0 Å². The number of ether oxygens (including phenoxy) is 1. The lowest BCUT2D eigenvalue weighted by atomic mass is 10.1. The van der Waals surface area contributed by atoms with Gasteiger partial charge in [0.25, 0.3) is 0 Å². The van der Waals surface area contributed by atoms with Gasteiger partial charge in [-0.3, -0.25) is 10.1 Å². The van der Waals surface area contributed by atoms with E-state index in [1.54, 1.807) is 36.4 Å². The summed E-state index contributed by atoms with van der Waals surface area (Å²) in [5.74, 6) is -0.513. The Balaban J connectivity index is 1.72. The zero-order chi connectivity index (χ0) is 18.2. The second-order valence-corrected chi connectivity index (χ2v) is 5.73. The normalized spacial score (nSPS) is 11.5. The van der Waals surface area contributed by atoms with Crippen molar-refractivity contribution in [2.24, 2.45) is 0 Å². The van der Waals surface area contributed by atoms with Crippen LogP contribution in [-0.4, -0.2) is 18.3 Å². The van der Waals surface area contributed by atoms with Crippen LogP contribution in [0.1, 0.15) is 32.5 Å². The minimum absolute atomic E-state index is 0.0612. The highest BCUT2D eigenvalue weighted by atomic mass is 16.6. The van der Waals surface area contributed by atoms with Crippen molar-refractivity contribution in [1.29, 1.82) is 0 Å². The number of Topliss-reactive ketones (excluding diaryl/α,β-unsaturated/α-hetero) is 1. The highest BCUT2D eigenvalue weighted by molar-refractivity contribution is 5.97. The molecule has 0 aliphatic rings. The quantitative estimate of drug-likeness (QED) is 0.399. The van der Waals surface area contributed by atoms with Gasteiger partial charge in [0.1, 0.15) is 0 Å². The zero-order valence-corrected chi connectivity index (χ0v) is 14.2. The van der Waals surface area contributed by atoms with Gasteiger partial charge < -0.3 is 4.74 Å². The molecule has 0 aromatic heterocycles. The average Bonchev–Trinajstić information content (AvgIpc) is 2.72. The number of rotatable bonds is 7. The van der Waals surface area contributed by atoms with E-state index in [1.807, 2.05) is 54.6 Å². The SMILES string of the molecule is O=C(CNC(OC(=O)c1ccccc1)c1ccccc1)c1ccccc1. The van der Waals surface area contributed by atoms with Crippen molar-refractivity contribution in [3.05, 3.63) is 108 Å². The zero-order valence-electron chi connectivity index (χ0n) is 14.2. The third kappa shape index (κ3) is 4.65. The summed E-state index contributed by atoms with van der Waals surface area (Å²) in [5.41, 5.74) is 1.85. The maximum Gasteiger partial charge on any atom is 0.339 e. The second-order valence-electron chi connectivity index (χ2n) is 5.73. The summed E-state index contributed by atoms with van der Waals surface area (Å²) < 4.78 is 5.61. The van der Waals surface area contributed by atoms with E-state index >= 15 is 0 Å². The lowest BCUT2D eigenvalue weighted by Gasteiger charge is -2.19. The van der Waals surface area contributed by atoms with Crippen molar-refractivity contribution in [3.8, 4) is 0 Å². The van der Waals surface area contributed by atoms with E-state index in [0.717, 1.165) is 5.56 Å². The molecule has 0 saturated heterocycles. The van der Waals surface area contributed by atoms with Gasteiger partial charge in [-0.05, 0) is 12.1 Å². The maximum absolute atomic E-state index is 12.4. The molecule has 4 heteroatoms. The molecule has 0 bridgehead atoms. The number of benzene rings is 3. The van der Waals surface area contributed by atoms with Crippen molar-refractivity contribution < 1.29 is 14.3 Å². The van der Waals surface area contributed by atoms with Gasteiger partial charge in [0.15, 0.2) is 12.0 Å². The molecule has 0 amide bonds. The lowest BCUT2D eigenvalue weighted by molar-refractivity contribution is 0.0208. The molecule has 130 valence electrons. The van der Waals surface area contributed by atoms with Gasteiger partial charge in [-0.25, -0.2) is 4.79 Å². The first-order valence-electron chi connectivity index (χ1n) is 8.36. The summed E-state index contributed by atoms with van der Waals surface area (Å²) in [4.78, 5) is 24.7. The van der Waals surface area contributed by atoms with Gasteiger partial charge >= 0.3 is 5.97 Å². The summed E-state index contributed by atoms with van der Waals surface area (Å²) in [6.07, 6.45) is -0.712. The summed E-state index contributed by atoms with van der Waals surface area (Å²) in [5, 5.41) is 3.04. The van der Waals surface area contributed by atoms with E-state index in [-0.39, 0.29) is 12.3 Å². The molecule has 1 N–H and O–H groups in total. The molecule has 3 aromatic rings. The summed E-state index contributed by atoms with van der Waals surface area (Å²) in [6, 6.07) is 27.1. The molecule has 1 unspecified atom stereocenters. The van der Waals surface area contributed by atoms with Crippen LogP contribution in [0.5, 0.6) is 0 Å². The molecule has 0 radical (unpaired) electrons. The first-order chi connectivity index (χ1) is 12.7. The van der Waals surface area contributed by atoms with E-state index in [9.17, 15) is 9.59 Å².